The Balaban J connectivity index is 2.01. The maximum Gasteiger partial charge on any atom is 0.416 e. The molecule has 0 radical (unpaired) electrons. The van der Waals surface area contributed by atoms with Crippen LogP contribution in [0.5, 0.6) is 5.75 Å². The largest absolute Gasteiger partial charge is 0.426 e. The van der Waals surface area contributed by atoms with E-state index < -0.39 is 33.4 Å². The standard InChI is InChI=1S/C22H17BrF3O2S/c1-15(23)21(27)28-17-10-12-19(13-11-17)29(18-7-3-2-4-8-18)20-9-5-6-16(14-20)22(24,25)26/h2-15H,1H3/q+1. The summed E-state index contributed by atoms with van der Waals surface area (Å²) < 4.78 is 44.9. The van der Waals surface area contributed by atoms with Crippen molar-refractivity contribution in [3.8, 4) is 5.75 Å². The van der Waals surface area contributed by atoms with Gasteiger partial charge in [0.2, 0.25) is 0 Å². The first-order valence-electron chi connectivity index (χ1n) is 8.68. The third-order valence-electron chi connectivity index (χ3n) is 3.98. The smallest absolute Gasteiger partial charge is 0.416 e. The highest BCUT2D eigenvalue weighted by Gasteiger charge is 2.35. The van der Waals surface area contributed by atoms with E-state index >= 15 is 0 Å². The van der Waals surface area contributed by atoms with Gasteiger partial charge in [-0.15, -0.1) is 0 Å². The molecule has 150 valence electrons. The van der Waals surface area contributed by atoms with Crippen molar-refractivity contribution >= 4 is 32.8 Å². The van der Waals surface area contributed by atoms with Crippen molar-refractivity contribution < 1.29 is 22.7 Å². The average molecular weight is 482 g/mol. The van der Waals surface area contributed by atoms with Crippen LogP contribution in [-0.4, -0.2) is 10.8 Å². The zero-order chi connectivity index (χ0) is 21.0. The van der Waals surface area contributed by atoms with Crippen LogP contribution in [0.3, 0.4) is 0 Å². The molecule has 0 aliphatic rings. The summed E-state index contributed by atoms with van der Waals surface area (Å²) in [5.41, 5.74) is -0.680. The molecule has 0 saturated carbocycles. The van der Waals surface area contributed by atoms with E-state index in [2.05, 4.69) is 15.9 Å². The van der Waals surface area contributed by atoms with Crippen molar-refractivity contribution in [2.45, 2.75) is 32.6 Å². The predicted octanol–water partition coefficient (Wildman–Crippen LogP) is 6.49. The lowest BCUT2D eigenvalue weighted by Crippen LogP contribution is -2.17. The topological polar surface area (TPSA) is 26.3 Å². The molecule has 2 unspecified atom stereocenters. The van der Waals surface area contributed by atoms with Crippen molar-refractivity contribution in [1.29, 1.82) is 0 Å². The SMILES string of the molecule is CC(Br)C(=O)Oc1ccc([S+](c2ccccc2)c2cccc(C(F)(F)F)c2)cc1. The second kappa shape index (κ2) is 9.05. The van der Waals surface area contributed by atoms with E-state index in [1.54, 1.807) is 37.3 Å². The van der Waals surface area contributed by atoms with E-state index in [1.165, 1.54) is 12.1 Å². The van der Waals surface area contributed by atoms with Crippen molar-refractivity contribution in [3.63, 3.8) is 0 Å². The number of benzene rings is 3. The summed E-state index contributed by atoms with van der Waals surface area (Å²) >= 11 is 3.15. The Morgan fingerprint density at radius 2 is 1.48 bits per heavy atom. The van der Waals surface area contributed by atoms with Crippen molar-refractivity contribution in [1.82, 2.24) is 0 Å². The Kier molecular flexibility index (Phi) is 6.70. The fourth-order valence-corrected chi connectivity index (χ4v) is 4.81. The Hall–Kier alpha value is -2.25. The highest BCUT2D eigenvalue weighted by atomic mass is 79.9. The summed E-state index contributed by atoms with van der Waals surface area (Å²) in [4.78, 5) is 13.6. The number of carbonyl (C=O) groups excluding carboxylic acids is 1. The lowest BCUT2D eigenvalue weighted by molar-refractivity contribution is -0.137. The van der Waals surface area contributed by atoms with Gasteiger partial charge in [-0.05, 0) is 55.5 Å². The van der Waals surface area contributed by atoms with E-state index in [0.29, 0.717) is 10.6 Å². The van der Waals surface area contributed by atoms with Gasteiger partial charge in [0.05, 0.1) is 16.5 Å². The fraction of sp³-hybridized carbons (Fsp3) is 0.136. The Morgan fingerprint density at radius 3 is 2.07 bits per heavy atom. The molecule has 2 nitrogen and oxygen atoms in total. The summed E-state index contributed by atoms with van der Waals surface area (Å²) in [6, 6.07) is 21.6. The number of hydrogen-bond donors (Lipinski definition) is 0. The van der Waals surface area contributed by atoms with Gasteiger partial charge in [0, 0.05) is 6.07 Å². The van der Waals surface area contributed by atoms with Gasteiger partial charge in [0.25, 0.3) is 0 Å². The van der Waals surface area contributed by atoms with Crippen molar-refractivity contribution in [3.05, 3.63) is 84.4 Å². The third-order valence-corrected chi connectivity index (χ3v) is 6.56. The quantitative estimate of drug-likeness (QED) is 0.180. The van der Waals surface area contributed by atoms with Crippen molar-refractivity contribution in [2.24, 2.45) is 0 Å². The molecule has 0 spiro atoms. The van der Waals surface area contributed by atoms with Gasteiger partial charge in [-0.25, -0.2) is 0 Å². The first-order chi connectivity index (χ1) is 13.8. The molecule has 0 heterocycles. The lowest BCUT2D eigenvalue weighted by atomic mass is 10.2. The summed E-state index contributed by atoms with van der Waals surface area (Å²) in [6.45, 7) is 1.66. The van der Waals surface area contributed by atoms with Gasteiger partial charge in [0.15, 0.2) is 14.7 Å². The maximum atomic E-state index is 13.2. The van der Waals surface area contributed by atoms with Crippen LogP contribution in [0.2, 0.25) is 0 Å². The van der Waals surface area contributed by atoms with Gasteiger partial charge in [-0.2, -0.15) is 13.2 Å². The van der Waals surface area contributed by atoms with Gasteiger partial charge >= 0.3 is 12.1 Å². The summed E-state index contributed by atoms with van der Waals surface area (Å²) in [7, 11) is -0.739. The summed E-state index contributed by atoms with van der Waals surface area (Å²) in [5.74, 6) is -0.0385. The molecule has 29 heavy (non-hydrogen) atoms. The van der Waals surface area contributed by atoms with E-state index in [1.807, 2.05) is 30.3 Å². The zero-order valence-electron chi connectivity index (χ0n) is 15.3. The van der Waals surface area contributed by atoms with Crippen LogP contribution in [0.25, 0.3) is 0 Å². The monoisotopic (exact) mass is 481 g/mol. The molecule has 0 amide bonds. The average Bonchev–Trinajstić information content (AvgIpc) is 2.70. The lowest BCUT2D eigenvalue weighted by Gasteiger charge is -2.11. The van der Waals surface area contributed by atoms with Crippen LogP contribution in [0.15, 0.2) is 93.5 Å². The highest BCUT2D eigenvalue weighted by Crippen LogP contribution is 2.36. The molecule has 3 aromatic carbocycles. The molecule has 3 aromatic rings. The predicted molar refractivity (Wildman–Crippen MR) is 111 cm³/mol. The number of alkyl halides is 4. The first-order valence-corrected chi connectivity index (χ1v) is 10.8. The molecular formula is C22H17BrF3O2S+. The molecule has 0 N–H and O–H groups in total. The number of halogens is 4. The molecule has 0 aliphatic heterocycles. The number of esters is 1. The minimum Gasteiger partial charge on any atom is -0.426 e. The van der Waals surface area contributed by atoms with Crippen LogP contribution >= 0.6 is 15.9 Å². The maximum absolute atomic E-state index is 13.2. The molecule has 7 heteroatoms. The normalized spacial score (nSPS) is 13.6. The van der Waals surface area contributed by atoms with Crippen LogP contribution in [0.4, 0.5) is 13.2 Å². The molecule has 2 atom stereocenters. The van der Waals surface area contributed by atoms with Crippen LogP contribution in [0.1, 0.15) is 12.5 Å². The number of carbonyl (C=O) groups is 1. The number of ether oxygens (including phenoxy) is 1. The van der Waals surface area contributed by atoms with Gasteiger partial charge in [0.1, 0.15) is 10.6 Å². The third kappa shape index (κ3) is 5.42. The van der Waals surface area contributed by atoms with E-state index in [0.717, 1.165) is 15.9 Å². The van der Waals surface area contributed by atoms with Crippen LogP contribution < -0.4 is 4.74 Å². The van der Waals surface area contributed by atoms with Crippen LogP contribution in [0, 0.1) is 0 Å². The summed E-state index contributed by atoms with van der Waals surface area (Å²) in [5, 5.41) is 0. The second-order valence-corrected chi connectivity index (χ2v) is 9.55. The zero-order valence-corrected chi connectivity index (χ0v) is 17.7. The second-order valence-electron chi connectivity index (χ2n) is 6.15. The first kappa shape index (κ1) is 21.5. The Bertz CT molecular complexity index is 973. The molecule has 0 aliphatic carbocycles. The van der Waals surface area contributed by atoms with Gasteiger partial charge < -0.3 is 4.74 Å². The number of hydrogen-bond acceptors (Lipinski definition) is 2. The molecular weight excluding hydrogens is 465 g/mol. The minimum atomic E-state index is -4.41. The fourth-order valence-electron chi connectivity index (χ4n) is 2.61. The molecule has 3 rings (SSSR count). The highest BCUT2D eigenvalue weighted by molar-refractivity contribution is 9.10. The molecule has 0 aromatic heterocycles. The molecule has 0 saturated heterocycles. The van der Waals surface area contributed by atoms with Gasteiger partial charge in [-0.1, -0.05) is 40.2 Å². The van der Waals surface area contributed by atoms with Crippen molar-refractivity contribution in [2.75, 3.05) is 0 Å². The van der Waals surface area contributed by atoms with E-state index in [9.17, 15) is 18.0 Å². The number of rotatable bonds is 5. The molecule has 0 bridgehead atoms. The van der Waals surface area contributed by atoms with E-state index in [4.69, 9.17) is 4.74 Å². The Morgan fingerprint density at radius 1 is 0.897 bits per heavy atom. The van der Waals surface area contributed by atoms with Crippen LogP contribution in [-0.2, 0) is 21.9 Å². The van der Waals surface area contributed by atoms with E-state index in [-0.39, 0.29) is 0 Å². The Labute approximate surface area is 178 Å². The summed E-state index contributed by atoms with van der Waals surface area (Å²) in [6.07, 6.45) is -4.41. The van der Waals surface area contributed by atoms with Gasteiger partial charge in [-0.3, -0.25) is 4.79 Å². The molecule has 0 fully saturated rings. The minimum absolute atomic E-state index is 0.380.